The minimum Gasteiger partial charge on any atom is -0.493 e. The molecule has 0 radical (unpaired) electrons. The summed E-state index contributed by atoms with van der Waals surface area (Å²) in [4.78, 5) is 62.1. The van der Waals surface area contributed by atoms with Gasteiger partial charge in [-0.1, -0.05) is 30.5 Å². The Kier molecular flexibility index (Phi) is 12.7. The number of aromatic nitrogens is 1. The number of nitrogens with zero attached hydrogens (tertiary/aromatic N) is 2. The zero-order valence-electron chi connectivity index (χ0n) is 31.7. The van der Waals surface area contributed by atoms with E-state index in [-0.39, 0.29) is 60.6 Å². The second-order valence-corrected chi connectivity index (χ2v) is 16.0. The van der Waals surface area contributed by atoms with E-state index >= 15 is 0 Å². The van der Waals surface area contributed by atoms with Crippen LogP contribution in [0.15, 0.2) is 42.6 Å². The predicted molar refractivity (Wildman–Crippen MR) is 207 cm³/mol. The molecular formula is C41H54ClN5O7. The average molecular weight is 764 g/mol. The van der Waals surface area contributed by atoms with Gasteiger partial charge < -0.3 is 40.0 Å². The lowest BCUT2D eigenvalue weighted by molar-refractivity contribution is -0.140. The van der Waals surface area contributed by atoms with Crippen LogP contribution in [0.3, 0.4) is 0 Å². The number of H-pyrrole nitrogens is 1. The maximum Gasteiger partial charge on any atom is 0.254 e. The monoisotopic (exact) mass is 763 g/mol. The van der Waals surface area contributed by atoms with E-state index in [2.05, 4.69) is 15.6 Å². The van der Waals surface area contributed by atoms with E-state index in [1.165, 1.54) is 7.11 Å². The number of rotatable bonds is 13. The van der Waals surface area contributed by atoms with Gasteiger partial charge in [-0.25, -0.2) is 0 Å². The fraction of sp³-hybridized carbons (Fsp3) is 0.561. The summed E-state index contributed by atoms with van der Waals surface area (Å²) >= 11 is 6.19. The van der Waals surface area contributed by atoms with Crippen molar-refractivity contribution in [2.24, 2.45) is 23.7 Å². The number of fused-ring (bicyclic) bond motifs is 2. The first-order valence-corrected chi connectivity index (χ1v) is 19.7. The number of methoxy groups -OCH3 is 1. The number of aliphatic hydroxyl groups is 1. The number of likely N-dealkylation sites (N-methyl/N-ethyl adjacent to an activating group) is 1. The summed E-state index contributed by atoms with van der Waals surface area (Å²) < 4.78 is 11.4. The van der Waals surface area contributed by atoms with Crippen molar-refractivity contribution < 1.29 is 33.8 Å². The number of benzene rings is 2. The highest BCUT2D eigenvalue weighted by Crippen LogP contribution is 2.38. The van der Waals surface area contributed by atoms with Crippen molar-refractivity contribution in [1.29, 1.82) is 0 Å². The van der Waals surface area contributed by atoms with Crippen LogP contribution in [0.5, 0.6) is 11.5 Å². The highest BCUT2D eigenvalue weighted by molar-refractivity contribution is 6.31. The number of amides is 4. The summed E-state index contributed by atoms with van der Waals surface area (Å²) in [6.07, 6.45) is 7.40. The molecule has 4 atom stereocenters. The zero-order valence-corrected chi connectivity index (χ0v) is 32.5. The maximum atomic E-state index is 14.3. The topological polar surface area (TPSA) is 153 Å². The number of halogens is 1. The molecule has 0 bridgehead atoms. The Morgan fingerprint density at radius 2 is 1.74 bits per heavy atom. The third kappa shape index (κ3) is 9.14. The van der Waals surface area contributed by atoms with Gasteiger partial charge in [0, 0.05) is 60.9 Å². The molecule has 4 amide bonds. The van der Waals surface area contributed by atoms with Crippen molar-refractivity contribution >= 4 is 46.1 Å². The van der Waals surface area contributed by atoms with E-state index in [4.69, 9.17) is 21.1 Å². The lowest BCUT2D eigenvalue weighted by atomic mass is 9.79. The number of likely N-dealkylation sites (tertiary alicyclic amines) is 2. The van der Waals surface area contributed by atoms with Crippen LogP contribution in [-0.4, -0.2) is 102 Å². The Labute approximate surface area is 322 Å². The third-order valence-corrected chi connectivity index (χ3v) is 11.7. The van der Waals surface area contributed by atoms with Gasteiger partial charge in [-0.05, 0) is 99.6 Å². The molecule has 3 aliphatic rings. The predicted octanol–water partition coefficient (Wildman–Crippen LogP) is 4.96. The van der Waals surface area contributed by atoms with E-state index in [9.17, 15) is 24.3 Å². The van der Waals surface area contributed by atoms with Crippen LogP contribution in [0.1, 0.15) is 74.7 Å². The van der Waals surface area contributed by atoms with Crippen molar-refractivity contribution in [2.75, 3.05) is 40.3 Å². The standard InChI is InChI=1S/C41H54ClN5O7/c1-24(2)54-36-15-10-26(16-37(36)53-4)41(52)47-21-28-20-46(38(49)17-27-19-44-35-18-29(42)11-14-31(27)35)23-33(32(28)22-47)39(50)45-34(40(51)43-3)7-5-6-25-8-12-30(48)13-9-25/h10-11,14-16,18-19,24-25,28,30,32-34,44,48H,5-9,12-13,17,20-23H2,1-4H3,(H,43,51)(H,45,50)/t25?,28?,30?,32?,33?,34-/m0/s1. The van der Waals surface area contributed by atoms with E-state index in [1.807, 2.05) is 32.2 Å². The van der Waals surface area contributed by atoms with Gasteiger partial charge in [-0.3, -0.25) is 19.2 Å². The number of hydrogen-bond acceptors (Lipinski definition) is 7. The fourth-order valence-electron chi connectivity index (χ4n) is 8.60. The molecule has 54 heavy (non-hydrogen) atoms. The molecule has 1 saturated carbocycles. The lowest BCUT2D eigenvalue weighted by Gasteiger charge is -2.40. The number of nitrogens with one attached hydrogen (secondary N) is 3. The Morgan fingerprint density at radius 1 is 0.981 bits per heavy atom. The number of aromatic amines is 1. The van der Waals surface area contributed by atoms with E-state index in [1.54, 1.807) is 41.1 Å². The van der Waals surface area contributed by atoms with Crippen LogP contribution >= 0.6 is 11.6 Å². The largest absolute Gasteiger partial charge is 0.493 e. The molecule has 2 saturated heterocycles. The van der Waals surface area contributed by atoms with Gasteiger partial charge in [0.1, 0.15) is 6.04 Å². The Morgan fingerprint density at radius 3 is 2.46 bits per heavy atom. The summed E-state index contributed by atoms with van der Waals surface area (Å²) in [6, 6.07) is 9.93. The SMILES string of the molecule is CNC(=O)[C@H](CCCC1CCC(O)CC1)NC(=O)C1CN(C(=O)Cc2c[nH]c3cc(Cl)ccc23)CC2CN(C(=O)c3ccc(OC(C)C)c(OC)c3)CC21. The number of piperidine rings is 1. The first kappa shape index (κ1) is 39.4. The minimum absolute atomic E-state index is 0.0692. The Hall–Kier alpha value is -4.29. The normalized spacial score (nSPS) is 23.2. The number of ether oxygens (including phenoxy) is 2. The van der Waals surface area contributed by atoms with Crippen molar-refractivity contribution in [2.45, 2.75) is 83.5 Å². The minimum atomic E-state index is -0.725. The highest BCUT2D eigenvalue weighted by Gasteiger charge is 2.48. The Bertz CT molecular complexity index is 1820. The van der Waals surface area contributed by atoms with E-state index in [0.29, 0.717) is 54.1 Å². The molecule has 3 unspecified atom stereocenters. The van der Waals surface area contributed by atoms with Crippen LogP contribution in [0.2, 0.25) is 5.02 Å². The molecule has 3 heterocycles. The van der Waals surface area contributed by atoms with E-state index < -0.39 is 12.0 Å². The number of carbonyl (C=O) groups excluding carboxylic acids is 4. The second-order valence-electron chi connectivity index (χ2n) is 15.5. The van der Waals surface area contributed by atoms with Crippen LogP contribution in [0.4, 0.5) is 0 Å². The lowest BCUT2D eigenvalue weighted by Crippen LogP contribution is -2.56. The quantitative estimate of drug-likeness (QED) is 0.192. The molecule has 13 heteroatoms. The Balaban J connectivity index is 1.20. The number of carbonyl (C=O) groups is 4. The third-order valence-electron chi connectivity index (χ3n) is 11.5. The highest BCUT2D eigenvalue weighted by atomic mass is 35.5. The first-order chi connectivity index (χ1) is 25.9. The summed E-state index contributed by atoms with van der Waals surface area (Å²) in [6.45, 7) is 5.15. The van der Waals surface area contributed by atoms with Crippen LogP contribution in [0, 0.1) is 23.7 Å². The molecule has 2 aromatic carbocycles. The van der Waals surface area contributed by atoms with Gasteiger partial charge in [-0.2, -0.15) is 0 Å². The first-order valence-electron chi connectivity index (χ1n) is 19.3. The van der Waals surface area contributed by atoms with Crippen molar-refractivity contribution in [1.82, 2.24) is 25.4 Å². The molecule has 292 valence electrons. The zero-order chi connectivity index (χ0) is 38.5. The van der Waals surface area contributed by atoms with Crippen molar-refractivity contribution in [3.05, 3.63) is 58.7 Å². The van der Waals surface area contributed by atoms with Gasteiger partial charge in [-0.15, -0.1) is 0 Å². The van der Waals surface area contributed by atoms with Crippen LogP contribution in [0.25, 0.3) is 10.9 Å². The van der Waals surface area contributed by atoms with Gasteiger partial charge in [0.2, 0.25) is 17.7 Å². The molecule has 3 fully saturated rings. The van der Waals surface area contributed by atoms with Gasteiger partial charge >= 0.3 is 0 Å². The molecule has 1 aliphatic carbocycles. The van der Waals surface area contributed by atoms with Gasteiger partial charge in [0.15, 0.2) is 11.5 Å². The van der Waals surface area contributed by atoms with Gasteiger partial charge in [0.25, 0.3) is 5.91 Å². The van der Waals surface area contributed by atoms with E-state index in [0.717, 1.165) is 55.0 Å². The van der Waals surface area contributed by atoms with Crippen molar-refractivity contribution in [3.8, 4) is 11.5 Å². The van der Waals surface area contributed by atoms with Crippen molar-refractivity contribution in [3.63, 3.8) is 0 Å². The summed E-state index contributed by atoms with van der Waals surface area (Å²) in [5, 5.41) is 17.2. The molecule has 4 N–H and O–H groups in total. The maximum absolute atomic E-state index is 14.3. The molecule has 3 aromatic rings. The molecule has 0 spiro atoms. The summed E-state index contributed by atoms with van der Waals surface area (Å²) in [5.41, 5.74) is 2.12. The summed E-state index contributed by atoms with van der Waals surface area (Å²) in [5.74, 6) is -0.322. The number of hydrogen-bond donors (Lipinski definition) is 4. The van der Waals surface area contributed by atoms with Crippen LogP contribution < -0.4 is 20.1 Å². The smallest absolute Gasteiger partial charge is 0.254 e. The summed E-state index contributed by atoms with van der Waals surface area (Å²) in [7, 11) is 3.10. The molecule has 6 rings (SSSR count). The molecular weight excluding hydrogens is 710 g/mol. The number of aliphatic hydroxyl groups excluding tert-OH is 1. The molecule has 12 nitrogen and oxygen atoms in total. The average Bonchev–Trinajstić information content (AvgIpc) is 3.77. The van der Waals surface area contributed by atoms with Crippen LogP contribution in [-0.2, 0) is 20.8 Å². The fourth-order valence-corrected chi connectivity index (χ4v) is 8.77. The molecule has 1 aromatic heterocycles. The second kappa shape index (κ2) is 17.5. The van der Waals surface area contributed by atoms with Gasteiger partial charge in [0.05, 0.1) is 31.7 Å². The molecule has 2 aliphatic heterocycles.